The van der Waals surface area contributed by atoms with Crippen LogP contribution >= 0.6 is 22.9 Å². The molecule has 1 aliphatic rings. The van der Waals surface area contributed by atoms with E-state index in [2.05, 4.69) is 5.32 Å². The number of benzene rings is 1. The number of ether oxygens (including phenoxy) is 1. The molecule has 1 N–H and O–H groups in total. The van der Waals surface area contributed by atoms with Gasteiger partial charge in [-0.2, -0.15) is 0 Å². The van der Waals surface area contributed by atoms with E-state index in [-0.39, 0.29) is 37.1 Å². The van der Waals surface area contributed by atoms with Crippen molar-refractivity contribution in [2.45, 2.75) is 38.1 Å². The van der Waals surface area contributed by atoms with Gasteiger partial charge in [-0.25, -0.2) is 0 Å². The molecule has 0 saturated carbocycles. The number of nitrogens with one attached hydrogen (secondary N) is 1. The molecule has 1 aromatic heterocycles. The van der Waals surface area contributed by atoms with Crippen LogP contribution in [0.25, 0.3) is 0 Å². The first-order chi connectivity index (χ1) is 14.4. The van der Waals surface area contributed by atoms with Crippen LogP contribution < -0.4 is 5.32 Å². The van der Waals surface area contributed by atoms with E-state index in [4.69, 9.17) is 16.3 Å². The monoisotopic (exact) mass is 448 g/mol. The Morgan fingerprint density at radius 3 is 2.70 bits per heavy atom. The minimum Gasteiger partial charge on any atom is -0.385 e. The molecule has 1 saturated heterocycles. The van der Waals surface area contributed by atoms with E-state index in [1.54, 1.807) is 13.2 Å². The van der Waals surface area contributed by atoms with E-state index in [0.29, 0.717) is 23.9 Å². The molecule has 8 heteroatoms. The molecule has 160 valence electrons. The van der Waals surface area contributed by atoms with Gasteiger partial charge in [-0.15, -0.1) is 11.3 Å². The van der Waals surface area contributed by atoms with Gasteiger partial charge in [0.05, 0.1) is 16.3 Å². The summed E-state index contributed by atoms with van der Waals surface area (Å²) in [6, 6.07) is 11.1. The molecule has 1 aromatic carbocycles. The molecule has 2 aromatic rings. The summed E-state index contributed by atoms with van der Waals surface area (Å²) in [6.07, 6.45) is 0.466. The lowest BCUT2D eigenvalue weighted by Crippen LogP contribution is -2.43. The van der Waals surface area contributed by atoms with Crippen LogP contribution in [0.2, 0.25) is 4.34 Å². The minimum atomic E-state index is -1.19. The van der Waals surface area contributed by atoms with Gasteiger partial charge in [0, 0.05) is 38.0 Å². The van der Waals surface area contributed by atoms with Gasteiger partial charge in [0.15, 0.2) is 0 Å². The summed E-state index contributed by atoms with van der Waals surface area (Å²) < 4.78 is 5.70. The largest absolute Gasteiger partial charge is 0.385 e. The highest BCUT2D eigenvalue weighted by molar-refractivity contribution is 7.16. The molecule has 0 spiro atoms. The molecular formula is C22H25ClN2O4S. The molecule has 0 aliphatic carbocycles. The fourth-order valence-corrected chi connectivity index (χ4v) is 4.94. The number of hydrogen-bond acceptors (Lipinski definition) is 5. The predicted molar refractivity (Wildman–Crippen MR) is 116 cm³/mol. The summed E-state index contributed by atoms with van der Waals surface area (Å²) in [6.45, 7) is 2.97. The van der Waals surface area contributed by atoms with E-state index in [0.717, 1.165) is 16.0 Å². The van der Waals surface area contributed by atoms with Crippen molar-refractivity contribution in [1.29, 1.82) is 0 Å². The molecule has 1 fully saturated rings. The highest BCUT2D eigenvalue weighted by atomic mass is 35.5. The zero-order chi connectivity index (χ0) is 21.7. The van der Waals surface area contributed by atoms with Gasteiger partial charge in [0.1, 0.15) is 0 Å². The summed E-state index contributed by atoms with van der Waals surface area (Å²) in [5.41, 5.74) is 0.425. The van der Waals surface area contributed by atoms with Crippen LogP contribution in [0.5, 0.6) is 0 Å². The number of aryl methyl sites for hydroxylation is 1. The number of hydrogen-bond donors (Lipinski definition) is 1. The zero-order valence-corrected chi connectivity index (χ0v) is 18.6. The van der Waals surface area contributed by atoms with Crippen LogP contribution in [0.3, 0.4) is 0 Å². The Morgan fingerprint density at radius 2 is 2.03 bits per heavy atom. The van der Waals surface area contributed by atoms with Crippen molar-refractivity contribution in [2.24, 2.45) is 0 Å². The van der Waals surface area contributed by atoms with Crippen LogP contribution in [-0.4, -0.2) is 42.9 Å². The molecule has 1 unspecified atom stereocenters. The predicted octanol–water partition coefficient (Wildman–Crippen LogP) is 3.45. The number of carbonyl (C=O) groups is 3. The quantitative estimate of drug-likeness (QED) is 0.471. The van der Waals surface area contributed by atoms with Gasteiger partial charge in [0.2, 0.25) is 17.7 Å². The number of imide groups is 1. The first-order valence-corrected chi connectivity index (χ1v) is 11.0. The number of thiophene rings is 1. The molecule has 1 aliphatic heterocycles. The first kappa shape index (κ1) is 22.5. The van der Waals surface area contributed by atoms with E-state index < -0.39 is 5.41 Å². The molecule has 1 atom stereocenters. The van der Waals surface area contributed by atoms with Crippen molar-refractivity contribution >= 4 is 40.7 Å². The standard InChI is InChI=1S/C22H25ClN2O4S/c1-15-6-3-4-7-17(15)22(12-19(26)24-14-16-8-9-18(23)30-16)13-20(27)25(21(22)28)10-5-11-29-2/h3-4,6-9H,5,10-14H2,1-2H3,(H,24,26). The number of methoxy groups -OCH3 is 1. The highest BCUT2D eigenvalue weighted by Crippen LogP contribution is 2.41. The van der Waals surface area contributed by atoms with Gasteiger partial charge in [-0.3, -0.25) is 19.3 Å². The summed E-state index contributed by atoms with van der Waals surface area (Å²) in [5.74, 6) is -0.841. The maximum atomic E-state index is 13.5. The highest BCUT2D eigenvalue weighted by Gasteiger charge is 2.53. The smallest absolute Gasteiger partial charge is 0.240 e. The van der Waals surface area contributed by atoms with Gasteiger partial charge in [0.25, 0.3) is 0 Å². The number of rotatable bonds is 9. The lowest BCUT2D eigenvalue weighted by molar-refractivity contribution is -0.141. The second-order valence-corrected chi connectivity index (χ2v) is 9.23. The Balaban J connectivity index is 1.84. The third-order valence-electron chi connectivity index (χ3n) is 5.35. The first-order valence-electron chi connectivity index (χ1n) is 9.78. The van der Waals surface area contributed by atoms with Gasteiger partial charge >= 0.3 is 0 Å². The van der Waals surface area contributed by atoms with Gasteiger partial charge in [-0.1, -0.05) is 35.9 Å². The molecule has 0 bridgehead atoms. The van der Waals surface area contributed by atoms with E-state index in [9.17, 15) is 14.4 Å². The van der Waals surface area contributed by atoms with Crippen LogP contribution in [0, 0.1) is 6.92 Å². The Hall–Kier alpha value is -2.22. The van der Waals surface area contributed by atoms with Crippen molar-refractivity contribution in [3.05, 3.63) is 56.7 Å². The number of nitrogens with zero attached hydrogens (tertiary/aromatic N) is 1. The Morgan fingerprint density at radius 1 is 1.27 bits per heavy atom. The third-order valence-corrected chi connectivity index (χ3v) is 6.58. The molecule has 3 rings (SSSR count). The molecule has 3 amide bonds. The van der Waals surface area contributed by atoms with Gasteiger partial charge in [-0.05, 0) is 36.6 Å². The second-order valence-electron chi connectivity index (χ2n) is 7.43. The van der Waals surface area contributed by atoms with E-state index >= 15 is 0 Å². The average molecular weight is 449 g/mol. The molecule has 2 heterocycles. The number of amides is 3. The third kappa shape index (κ3) is 4.74. The Bertz CT molecular complexity index is 945. The average Bonchev–Trinajstić information content (AvgIpc) is 3.23. The lowest BCUT2D eigenvalue weighted by Gasteiger charge is -2.28. The fraction of sp³-hybridized carbons (Fsp3) is 0.409. The summed E-state index contributed by atoms with van der Waals surface area (Å²) >= 11 is 7.34. The molecule has 6 nitrogen and oxygen atoms in total. The van der Waals surface area contributed by atoms with Crippen molar-refractivity contribution in [3.63, 3.8) is 0 Å². The second kappa shape index (κ2) is 9.73. The SMILES string of the molecule is COCCCN1C(=O)CC(CC(=O)NCc2ccc(Cl)s2)(c2ccccc2C)C1=O. The molecule has 0 radical (unpaired) electrons. The van der Waals surface area contributed by atoms with E-state index in [1.807, 2.05) is 37.3 Å². The zero-order valence-electron chi connectivity index (χ0n) is 17.1. The topological polar surface area (TPSA) is 75.7 Å². The maximum Gasteiger partial charge on any atom is 0.240 e. The van der Waals surface area contributed by atoms with Crippen molar-refractivity contribution in [3.8, 4) is 0 Å². The summed E-state index contributed by atoms with van der Waals surface area (Å²) in [4.78, 5) is 41.3. The van der Waals surface area contributed by atoms with Crippen molar-refractivity contribution < 1.29 is 19.1 Å². The Kier molecular flexibility index (Phi) is 7.28. The van der Waals surface area contributed by atoms with Crippen LogP contribution in [0.15, 0.2) is 36.4 Å². The molecular weight excluding hydrogens is 424 g/mol. The number of likely N-dealkylation sites (tertiary alicyclic amines) is 1. The summed E-state index contributed by atoms with van der Waals surface area (Å²) in [5, 5.41) is 2.87. The van der Waals surface area contributed by atoms with Crippen LogP contribution in [0.1, 0.15) is 35.3 Å². The minimum absolute atomic E-state index is 0.0120. The van der Waals surface area contributed by atoms with Crippen molar-refractivity contribution in [1.82, 2.24) is 10.2 Å². The fourth-order valence-electron chi connectivity index (χ4n) is 3.92. The Labute approximate surface area is 185 Å². The molecule has 30 heavy (non-hydrogen) atoms. The number of halogens is 1. The number of carbonyl (C=O) groups excluding carboxylic acids is 3. The lowest BCUT2D eigenvalue weighted by atomic mass is 9.74. The maximum absolute atomic E-state index is 13.5. The summed E-state index contributed by atoms with van der Waals surface area (Å²) in [7, 11) is 1.58. The van der Waals surface area contributed by atoms with Crippen molar-refractivity contribution in [2.75, 3.05) is 20.3 Å². The van der Waals surface area contributed by atoms with Crippen LogP contribution in [-0.2, 0) is 31.1 Å². The van der Waals surface area contributed by atoms with E-state index in [1.165, 1.54) is 16.2 Å². The van der Waals surface area contributed by atoms with Crippen LogP contribution in [0.4, 0.5) is 0 Å². The van der Waals surface area contributed by atoms with Gasteiger partial charge < -0.3 is 10.1 Å². The normalized spacial score (nSPS) is 18.8.